The third-order valence-corrected chi connectivity index (χ3v) is 7.50. The number of ether oxygens (including phenoxy) is 1. The first-order valence-corrected chi connectivity index (χ1v) is 12.6. The van der Waals surface area contributed by atoms with Crippen LogP contribution in [0.15, 0.2) is 43.0 Å². The molecule has 0 amide bonds. The standard InChI is InChI=1S/C27H23F4N7O/c1-2-14-11-16-24-21(18(27(29,30)31)5-9-37(14)24)22-23(33-8-7-32-22)26(38-13-35-36-25(16)38)34-12-17-15-6-10-39-20(15)4-3-19(17)28/h3-5,7-8,11,13,33-34,36H,2,6,9-10,12H2,1H3. The molecule has 4 aliphatic rings. The lowest BCUT2D eigenvalue weighted by atomic mass is 9.97. The number of fused-ring (bicyclic) bond motifs is 5. The van der Waals surface area contributed by atoms with Crippen molar-refractivity contribution in [2.45, 2.75) is 39.0 Å². The highest BCUT2D eigenvalue weighted by Crippen LogP contribution is 2.46. The van der Waals surface area contributed by atoms with Gasteiger partial charge in [-0.2, -0.15) is 18.3 Å². The SMILES string of the molecule is CCc1cc2c3c(c4ncc[nH]c-4c(NCc4c(F)ccc5c4CCO5)n4cn[nH]c24)C(C(F)(F)F)=CCn13. The molecule has 3 N–H and O–H groups in total. The molecule has 2 aromatic heterocycles. The van der Waals surface area contributed by atoms with Crippen LogP contribution >= 0.6 is 0 Å². The molecule has 6 heterocycles. The van der Waals surface area contributed by atoms with Crippen molar-refractivity contribution in [2.75, 3.05) is 11.9 Å². The molecular weight excluding hydrogens is 514 g/mol. The van der Waals surface area contributed by atoms with E-state index in [9.17, 15) is 17.6 Å². The third kappa shape index (κ3) is 3.50. The number of benzene rings is 1. The highest BCUT2D eigenvalue weighted by Gasteiger charge is 2.40. The zero-order chi connectivity index (χ0) is 26.9. The molecule has 0 unspecified atom stereocenters. The van der Waals surface area contributed by atoms with E-state index in [-0.39, 0.29) is 30.2 Å². The van der Waals surface area contributed by atoms with Gasteiger partial charge in [-0.3, -0.25) is 14.5 Å². The number of hydrogen-bond acceptors (Lipinski definition) is 4. The van der Waals surface area contributed by atoms with Gasteiger partial charge in [0.05, 0.1) is 17.7 Å². The fourth-order valence-corrected chi connectivity index (χ4v) is 5.79. The van der Waals surface area contributed by atoms with E-state index >= 15 is 0 Å². The minimum absolute atomic E-state index is 0.0179. The molecule has 0 bridgehead atoms. The molecule has 3 aromatic rings. The van der Waals surface area contributed by atoms with Gasteiger partial charge in [-0.1, -0.05) is 13.0 Å². The first-order valence-electron chi connectivity index (χ1n) is 12.6. The molecule has 39 heavy (non-hydrogen) atoms. The van der Waals surface area contributed by atoms with Gasteiger partial charge in [-0.05, 0) is 24.6 Å². The van der Waals surface area contributed by atoms with Gasteiger partial charge in [-0.25, -0.2) is 4.39 Å². The monoisotopic (exact) mass is 537 g/mol. The molecule has 7 rings (SSSR count). The van der Waals surface area contributed by atoms with Crippen LogP contribution in [-0.2, 0) is 25.9 Å². The van der Waals surface area contributed by atoms with Gasteiger partial charge in [0.15, 0.2) is 0 Å². The fourth-order valence-electron chi connectivity index (χ4n) is 5.79. The number of H-pyrrole nitrogens is 2. The Bertz CT molecular complexity index is 1820. The van der Waals surface area contributed by atoms with E-state index < -0.39 is 11.7 Å². The second-order valence-electron chi connectivity index (χ2n) is 9.54. The van der Waals surface area contributed by atoms with E-state index in [0.29, 0.717) is 58.8 Å². The van der Waals surface area contributed by atoms with Gasteiger partial charge in [-0.15, -0.1) is 0 Å². The second kappa shape index (κ2) is 8.52. The van der Waals surface area contributed by atoms with Crippen molar-refractivity contribution in [3.05, 3.63) is 71.2 Å². The fraction of sp³-hybridized carbons (Fsp3) is 0.259. The summed E-state index contributed by atoms with van der Waals surface area (Å²) in [6.45, 7) is 2.59. The zero-order valence-corrected chi connectivity index (χ0v) is 20.8. The van der Waals surface area contributed by atoms with Crippen molar-refractivity contribution in [2.24, 2.45) is 0 Å². The average Bonchev–Trinajstić information content (AvgIpc) is 3.66. The van der Waals surface area contributed by atoms with Crippen LogP contribution in [0.5, 0.6) is 5.75 Å². The summed E-state index contributed by atoms with van der Waals surface area (Å²) < 4.78 is 67.7. The van der Waals surface area contributed by atoms with Crippen LogP contribution in [0.2, 0.25) is 0 Å². The summed E-state index contributed by atoms with van der Waals surface area (Å²) in [5.74, 6) is 0.632. The van der Waals surface area contributed by atoms with Gasteiger partial charge in [0.1, 0.15) is 40.7 Å². The Labute approximate surface area is 219 Å². The summed E-state index contributed by atoms with van der Waals surface area (Å²) in [5, 5.41) is 11.1. The molecule has 0 saturated carbocycles. The van der Waals surface area contributed by atoms with Crippen molar-refractivity contribution in [1.82, 2.24) is 29.1 Å². The topological polar surface area (TPSA) is 88.0 Å². The normalized spacial score (nSPS) is 14.5. The Morgan fingerprint density at radius 1 is 1.23 bits per heavy atom. The number of rotatable bonds is 4. The van der Waals surface area contributed by atoms with E-state index in [1.165, 1.54) is 18.3 Å². The third-order valence-electron chi connectivity index (χ3n) is 7.50. The molecule has 1 aromatic carbocycles. The lowest BCUT2D eigenvalue weighted by Gasteiger charge is -2.24. The number of aromatic amines is 2. The maximum absolute atomic E-state index is 15.0. The van der Waals surface area contributed by atoms with E-state index in [4.69, 9.17) is 4.74 Å². The lowest BCUT2D eigenvalue weighted by Crippen LogP contribution is -2.19. The van der Waals surface area contributed by atoms with Crippen LogP contribution in [0.25, 0.3) is 33.5 Å². The van der Waals surface area contributed by atoms with Crippen LogP contribution in [0, 0.1) is 5.82 Å². The number of halogens is 4. The molecule has 0 aliphatic carbocycles. The Morgan fingerprint density at radius 2 is 2.10 bits per heavy atom. The van der Waals surface area contributed by atoms with Gasteiger partial charge in [0, 0.05) is 59.7 Å². The molecule has 0 radical (unpaired) electrons. The predicted molar refractivity (Wildman–Crippen MR) is 138 cm³/mol. The Kier molecular flexibility index (Phi) is 5.16. The minimum atomic E-state index is -4.60. The average molecular weight is 538 g/mol. The summed E-state index contributed by atoms with van der Waals surface area (Å²) in [6.07, 6.45) is 2.33. The minimum Gasteiger partial charge on any atom is -0.493 e. The molecule has 0 saturated heterocycles. The molecular formula is C27H23F4N7O. The van der Waals surface area contributed by atoms with Crippen molar-refractivity contribution in [1.29, 1.82) is 0 Å². The van der Waals surface area contributed by atoms with Gasteiger partial charge >= 0.3 is 6.18 Å². The van der Waals surface area contributed by atoms with Crippen LogP contribution in [-0.4, -0.2) is 41.9 Å². The smallest absolute Gasteiger partial charge is 0.416 e. The molecule has 0 atom stereocenters. The number of hydrogen-bond donors (Lipinski definition) is 3. The Morgan fingerprint density at radius 3 is 2.92 bits per heavy atom. The first-order chi connectivity index (χ1) is 18.9. The van der Waals surface area contributed by atoms with Crippen LogP contribution in [0.1, 0.15) is 29.3 Å². The number of nitrogens with zero attached hydrogens (tertiary/aromatic N) is 4. The van der Waals surface area contributed by atoms with E-state index in [1.807, 2.05) is 17.6 Å². The summed E-state index contributed by atoms with van der Waals surface area (Å²) >= 11 is 0. The highest BCUT2D eigenvalue weighted by atomic mass is 19.4. The van der Waals surface area contributed by atoms with Gasteiger partial charge in [0.2, 0.25) is 0 Å². The first kappa shape index (κ1) is 23.6. The molecule has 0 spiro atoms. The summed E-state index contributed by atoms with van der Waals surface area (Å²) in [4.78, 5) is 7.57. The molecule has 200 valence electrons. The summed E-state index contributed by atoms with van der Waals surface area (Å²) in [5.41, 5.74) is 2.71. The molecule has 12 heteroatoms. The van der Waals surface area contributed by atoms with Crippen LogP contribution < -0.4 is 10.1 Å². The Balaban J connectivity index is 1.55. The number of alkyl halides is 3. The maximum Gasteiger partial charge on any atom is 0.416 e. The van der Waals surface area contributed by atoms with Crippen molar-refractivity contribution < 1.29 is 22.3 Å². The summed E-state index contributed by atoms with van der Waals surface area (Å²) in [7, 11) is 0. The number of nitrogens with one attached hydrogen (secondary N) is 3. The largest absolute Gasteiger partial charge is 0.493 e. The van der Waals surface area contributed by atoms with Crippen LogP contribution in [0.4, 0.5) is 23.4 Å². The quantitative estimate of drug-likeness (QED) is 0.254. The summed E-state index contributed by atoms with van der Waals surface area (Å²) in [6, 6.07) is 4.87. The molecule has 0 fully saturated rings. The predicted octanol–water partition coefficient (Wildman–Crippen LogP) is 5.78. The van der Waals surface area contributed by atoms with Crippen molar-refractivity contribution >= 4 is 27.9 Å². The number of aromatic nitrogens is 6. The molecule has 8 nitrogen and oxygen atoms in total. The number of allylic oxidation sites excluding steroid dienone is 2. The van der Waals surface area contributed by atoms with Gasteiger partial charge in [0.25, 0.3) is 0 Å². The van der Waals surface area contributed by atoms with Crippen LogP contribution in [0.3, 0.4) is 0 Å². The molecule has 4 aliphatic heterocycles. The number of anilines is 1. The Hall–Kier alpha value is -4.48. The van der Waals surface area contributed by atoms with E-state index in [1.54, 1.807) is 23.0 Å². The number of aryl methyl sites for hydroxylation is 1. The van der Waals surface area contributed by atoms with Crippen molar-refractivity contribution in [3.8, 4) is 17.1 Å². The second-order valence-corrected chi connectivity index (χ2v) is 9.54. The van der Waals surface area contributed by atoms with Gasteiger partial charge < -0.3 is 19.6 Å². The van der Waals surface area contributed by atoms with Crippen molar-refractivity contribution in [3.63, 3.8) is 0 Å². The maximum atomic E-state index is 15.0. The lowest BCUT2D eigenvalue weighted by molar-refractivity contribution is -0.0691. The highest BCUT2D eigenvalue weighted by molar-refractivity contribution is 6.05. The van der Waals surface area contributed by atoms with E-state index in [0.717, 1.165) is 11.3 Å². The zero-order valence-electron chi connectivity index (χ0n) is 20.8. The van der Waals surface area contributed by atoms with E-state index in [2.05, 4.69) is 25.5 Å².